The summed E-state index contributed by atoms with van der Waals surface area (Å²) in [7, 11) is 0. The number of amides is 2. The Hall–Kier alpha value is -2.67. The molecule has 0 N–H and O–H groups in total. The largest absolute Gasteiger partial charge is 0.385 e. The van der Waals surface area contributed by atoms with Crippen LogP contribution in [0.5, 0.6) is 0 Å². The van der Waals surface area contributed by atoms with E-state index in [1.54, 1.807) is 16.7 Å². The van der Waals surface area contributed by atoms with E-state index in [1.807, 2.05) is 0 Å². The molecule has 1 aromatic carbocycles. The topological polar surface area (TPSA) is 81.5 Å². The fraction of sp³-hybridized carbons (Fsp3) is 0.250. The summed E-state index contributed by atoms with van der Waals surface area (Å²) in [4.78, 5) is 46.0. The second-order valence-electron chi connectivity index (χ2n) is 5.61. The molecule has 8 heteroatoms. The summed E-state index contributed by atoms with van der Waals surface area (Å²) >= 11 is 6.20. The summed E-state index contributed by atoms with van der Waals surface area (Å²) in [5.74, 6) is -1.56. The maximum Gasteiger partial charge on any atom is 0.385 e. The number of benzene rings is 1. The quantitative estimate of drug-likeness (QED) is 0.780. The van der Waals surface area contributed by atoms with Crippen LogP contribution in [0.1, 0.15) is 49.9 Å². The first-order valence-electron chi connectivity index (χ1n) is 7.53. The van der Waals surface area contributed by atoms with Crippen LogP contribution in [0.15, 0.2) is 24.3 Å². The lowest BCUT2D eigenvalue weighted by Gasteiger charge is -2.13. The first kappa shape index (κ1) is 14.9. The molecule has 2 aliphatic heterocycles. The predicted octanol–water partition coefficient (Wildman–Crippen LogP) is 2.24. The average Bonchev–Trinajstić information content (AvgIpc) is 3.06. The third-order valence-electron chi connectivity index (χ3n) is 4.14. The number of aryl methyl sites for hydroxylation is 1. The zero-order valence-corrected chi connectivity index (χ0v) is 13.2. The SMILES string of the molecule is O=C(ON1C(=O)c2ccccc2C1=O)c1nc2n(c1Cl)CCCC2. The van der Waals surface area contributed by atoms with Crippen molar-refractivity contribution in [1.29, 1.82) is 0 Å². The lowest BCUT2D eigenvalue weighted by atomic mass is 10.1. The van der Waals surface area contributed by atoms with Crippen molar-refractivity contribution in [2.75, 3.05) is 0 Å². The Morgan fingerprint density at radius 3 is 2.42 bits per heavy atom. The minimum absolute atomic E-state index is 0.0786. The van der Waals surface area contributed by atoms with Crippen LogP contribution in [0.4, 0.5) is 0 Å². The van der Waals surface area contributed by atoms with Crippen molar-refractivity contribution < 1.29 is 19.2 Å². The van der Waals surface area contributed by atoms with E-state index < -0.39 is 17.8 Å². The molecule has 0 atom stereocenters. The Balaban J connectivity index is 1.61. The molecule has 0 saturated heterocycles. The normalized spacial score (nSPS) is 16.1. The number of imidazole rings is 1. The molecule has 122 valence electrons. The van der Waals surface area contributed by atoms with Crippen LogP contribution in [0.25, 0.3) is 0 Å². The zero-order chi connectivity index (χ0) is 16.8. The standard InChI is InChI=1S/C16H12ClN3O4/c17-13-12(18-11-7-3-4-8-19(11)13)16(23)24-20-14(21)9-5-1-2-6-10(9)15(20)22/h1-2,5-6H,3-4,7-8H2. The van der Waals surface area contributed by atoms with Gasteiger partial charge in [0, 0.05) is 13.0 Å². The molecular weight excluding hydrogens is 334 g/mol. The number of hydrogen-bond donors (Lipinski definition) is 0. The number of hydrogen-bond acceptors (Lipinski definition) is 5. The molecule has 7 nitrogen and oxygen atoms in total. The number of carbonyl (C=O) groups excluding carboxylic acids is 3. The smallest absolute Gasteiger partial charge is 0.322 e. The average molecular weight is 346 g/mol. The number of halogens is 1. The third kappa shape index (κ3) is 2.12. The van der Waals surface area contributed by atoms with Crippen LogP contribution in [-0.2, 0) is 17.8 Å². The zero-order valence-electron chi connectivity index (χ0n) is 12.5. The van der Waals surface area contributed by atoms with Crippen molar-refractivity contribution in [3.63, 3.8) is 0 Å². The van der Waals surface area contributed by atoms with Gasteiger partial charge in [-0.15, -0.1) is 0 Å². The van der Waals surface area contributed by atoms with Gasteiger partial charge in [0.2, 0.25) is 0 Å². The monoisotopic (exact) mass is 345 g/mol. The Morgan fingerprint density at radius 1 is 1.12 bits per heavy atom. The Morgan fingerprint density at radius 2 is 1.79 bits per heavy atom. The van der Waals surface area contributed by atoms with E-state index in [2.05, 4.69) is 4.98 Å². The lowest BCUT2D eigenvalue weighted by molar-refractivity contribution is -0.0588. The van der Waals surface area contributed by atoms with Gasteiger partial charge in [0.25, 0.3) is 11.8 Å². The van der Waals surface area contributed by atoms with Crippen LogP contribution in [0.3, 0.4) is 0 Å². The van der Waals surface area contributed by atoms with E-state index in [0.717, 1.165) is 19.3 Å². The number of imide groups is 1. The number of rotatable bonds is 2. The van der Waals surface area contributed by atoms with Crippen molar-refractivity contribution in [2.24, 2.45) is 0 Å². The highest BCUT2D eigenvalue weighted by Crippen LogP contribution is 2.27. The second kappa shape index (κ2) is 5.45. The summed E-state index contributed by atoms with van der Waals surface area (Å²) in [5, 5.41) is 0.632. The Labute approximate surface area is 141 Å². The van der Waals surface area contributed by atoms with Gasteiger partial charge in [-0.25, -0.2) is 9.78 Å². The molecule has 1 aromatic heterocycles. The highest BCUT2D eigenvalue weighted by molar-refractivity contribution is 6.32. The molecule has 2 aromatic rings. The summed E-state index contributed by atoms with van der Waals surface area (Å²) in [6, 6.07) is 6.28. The molecule has 2 aliphatic rings. The van der Waals surface area contributed by atoms with Gasteiger partial charge in [-0.3, -0.25) is 9.59 Å². The van der Waals surface area contributed by atoms with Gasteiger partial charge < -0.3 is 9.40 Å². The minimum Gasteiger partial charge on any atom is -0.322 e. The van der Waals surface area contributed by atoms with E-state index >= 15 is 0 Å². The molecule has 0 radical (unpaired) electrons. The second-order valence-corrected chi connectivity index (χ2v) is 5.96. The maximum absolute atomic E-state index is 12.4. The van der Waals surface area contributed by atoms with Crippen molar-refractivity contribution in [3.8, 4) is 0 Å². The molecule has 0 saturated carbocycles. The van der Waals surface area contributed by atoms with Gasteiger partial charge in [0.15, 0.2) is 5.69 Å². The number of fused-ring (bicyclic) bond motifs is 2. The summed E-state index contributed by atoms with van der Waals surface area (Å²) in [6.45, 7) is 0.682. The van der Waals surface area contributed by atoms with E-state index in [0.29, 0.717) is 17.4 Å². The molecule has 0 unspecified atom stereocenters. The summed E-state index contributed by atoms with van der Waals surface area (Å²) < 4.78 is 1.75. The van der Waals surface area contributed by atoms with Crippen molar-refractivity contribution in [2.45, 2.75) is 25.8 Å². The highest BCUT2D eigenvalue weighted by atomic mass is 35.5. The molecule has 24 heavy (non-hydrogen) atoms. The first-order chi connectivity index (χ1) is 11.6. The highest BCUT2D eigenvalue weighted by Gasteiger charge is 2.39. The fourth-order valence-corrected chi connectivity index (χ4v) is 3.26. The number of hydroxylamine groups is 2. The third-order valence-corrected chi connectivity index (χ3v) is 4.52. The summed E-state index contributed by atoms with van der Waals surface area (Å²) in [5.41, 5.74) is 0.321. The van der Waals surface area contributed by atoms with Crippen LogP contribution in [-0.4, -0.2) is 32.4 Å². The van der Waals surface area contributed by atoms with Crippen molar-refractivity contribution in [3.05, 3.63) is 52.1 Å². The lowest BCUT2D eigenvalue weighted by Crippen LogP contribution is -2.32. The van der Waals surface area contributed by atoms with Crippen LogP contribution >= 0.6 is 11.6 Å². The van der Waals surface area contributed by atoms with Crippen molar-refractivity contribution >= 4 is 29.4 Å². The molecule has 4 rings (SSSR count). The van der Waals surface area contributed by atoms with Gasteiger partial charge >= 0.3 is 5.97 Å². The van der Waals surface area contributed by atoms with E-state index in [9.17, 15) is 14.4 Å². The van der Waals surface area contributed by atoms with Gasteiger partial charge in [0.05, 0.1) is 11.1 Å². The molecule has 3 heterocycles. The number of carbonyl (C=O) groups is 3. The van der Waals surface area contributed by atoms with Crippen LogP contribution < -0.4 is 0 Å². The molecule has 0 fully saturated rings. The number of nitrogens with zero attached hydrogens (tertiary/aromatic N) is 3. The van der Waals surface area contributed by atoms with Crippen LogP contribution in [0.2, 0.25) is 5.15 Å². The predicted molar refractivity (Wildman–Crippen MR) is 82.5 cm³/mol. The van der Waals surface area contributed by atoms with Gasteiger partial charge in [-0.2, -0.15) is 0 Å². The van der Waals surface area contributed by atoms with E-state index in [4.69, 9.17) is 16.4 Å². The van der Waals surface area contributed by atoms with Gasteiger partial charge in [0.1, 0.15) is 11.0 Å². The molecule has 2 amide bonds. The molecule has 0 bridgehead atoms. The first-order valence-corrected chi connectivity index (χ1v) is 7.90. The molecule has 0 aliphatic carbocycles. The maximum atomic E-state index is 12.4. The van der Waals surface area contributed by atoms with Crippen molar-refractivity contribution in [1.82, 2.24) is 14.6 Å². The van der Waals surface area contributed by atoms with Gasteiger partial charge in [-0.1, -0.05) is 28.8 Å². The summed E-state index contributed by atoms with van der Waals surface area (Å²) in [6.07, 6.45) is 2.65. The van der Waals surface area contributed by atoms with E-state index in [-0.39, 0.29) is 22.0 Å². The molecule has 0 spiro atoms. The fourth-order valence-electron chi connectivity index (χ4n) is 2.95. The Bertz CT molecular complexity index is 854. The Kier molecular flexibility index (Phi) is 3.38. The van der Waals surface area contributed by atoms with Crippen LogP contribution in [0, 0.1) is 0 Å². The number of aromatic nitrogens is 2. The van der Waals surface area contributed by atoms with E-state index in [1.165, 1.54) is 12.1 Å². The molecular formula is C16H12ClN3O4. The van der Waals surface area contributed by atoms with Gasteiger partial charge in [-0.05, 0) is 25.0 Å². The minimum atomic E-state index is -0.920.